The Balaban J connectivity index is 1.32. The Labute approximate surface area is 256 Å². The number of nitrogens with zero attached hydrogens (tertiary/aromatic N) is 5. The van der Waals surface area contributed by atoms with Crippen LogP contribution in [0.1, 0.15) is 55.6 Å². The Bertz CT molecular complexity index is 1830. The van der Waals surface area contributed by atoms with E-state index in [0.717, 1.165) is 86.1 Å². The van der Waals surface area contributed by atoms with E-state index in [4.69, 9.17) is 26.1 Å². The summed E-state index contributed by atoms with van der Waals surface area (Å²) < 4.78 is 21.5. The fourth-order valence-electron chi connectivity index (χ4n) is 7.50. The highest BCUT2D eigenvalue weighted by Crippen LogP contribution is 2.50. The maximum atomic E-state index is 15.0. The molecule has 2 saturated heterocycles. The molecule has 9 heteroatoms. The molecular weight excluding hydrogens is 555 g/mol. The number of hydrogen-bond donors (Lipinski definition) is 2. The molecule has 2 aromatic carbocycles. The van der Waals surface area contributed by atoms with Crippen molar-refractivity contribution in [2.24, 2.45) is 5.41 Å². The first-order valence-electron chi connectivity index (χ1n) is 15.7. The van der Waals surface area contributed by atoms with E-state index in [1.54, 1.807) is 18.2 Å². The average Bonchev–Trinajstić information content (AvgIpc) is 3.94. The van der Waals surface area contributed by atoms with E-state index in [-0.39, 0.29) is 22.6 Å². The predicted octanol–water partition coefficient (Wildman–Crippen LogP) is 5.21. The largest absolute Gasteiger partial charge is 0.508 e. The van der Waals surface area contributed by atoms with Gasteiger partial charge < -0.3 is 25.0 Å². The summed E-state index contributed by atoms with van der Waals surface area (Å²) in [5, 5.41) is 15.8. The Morgan fingerprint density at radius 2 is 1.86 bits per heavy atom. The summed E-state index contributed by atoms with van der Waals surface area (Å²) in [4.78, 5) is 19.7. The lowest BCUT2D eigenvalue weighted by Gasteiger charge is -2.34. The van der Waals surface area contributed by atoms with Crippen LogP contribution >= 0.6 is 0 Å². The maximum absolute atomic E-state index is 15.0. The van der Waals surface area contributed by atoms with E-state index >= 15 is 4.39 Å². The van der Waals surface area contributed by atoms with Crippen molar-refractivity contribution in [3.63, 3.8) is 0 Å². The lowest BCUT2D eigenvalue weighted by Crippen LogP contribution is -2.51. The lowest BCUT2D eigenvalue weighted by atomic mass is 9.90. The van der Waals surface area contributed by atoms with E-state index in [2.05, 4.69) is 35.1 Å². The number of ether oxygens (including phenoxy) is 1. The molecule has 2 unspecified atom stereocenters. The number of aromatic nitrogens is 3. The molecule has 2 aliphatic carbocycles. The minimum atomic E-state index is -0.464. The zero-order chi connectivity index (χ0) is 30.2. The summed E-state index contributed by atoms with van der Waals surface area (Å²) in [6.45, 7) is 3.25. The Hall–Kier alpha value is -4.00. The van der Waals surface area contributed by atoms with Crippen LogP contribution in [-0.4, -0.2) is 77.4 Å². The van der Waals surface area contributed by atoms with Crippen molar-refractivity contribution in [2.75, 3.05) is 45.2 Å². The van der Waals surface area contributed by atoms with Gasteiger partial charge >= 0.3 is 6.01 Å². The minimum Gasteiger partial charge on any atom is -0.508 e. The Morgan fingerprint density at radius 3 is 2.55 bits per heavy atom. The second-order valence-electron chi connectivity index (χ2n) is 13.6. The summed E-state index contributed by atoms with van der Waals surface area (Å²) in [6.07, 6.45) is 14.3. The molecule has 8 nitrogen and oxygen atoms in total. The molecule has 2 aromatic heterocycles. The van der Waals surface area contributed by atoms with Crippen LogP contribution in [0.25, 0.3) is 32.9 Å². The van der Waals surface area contributed by atoms with Gasteiger partial charge in [0.2, 0.25) is 0 Å². The molecule has 44 heavy (non-hydrogen) atoms. The Morgan fingerprint density at radius 1 is 1.09 bits per heavy atom. The number of halogens is 1. The van der Waals surface area contributed by atoms with Crippen LogP contribution in [0.15, 0.2) is 30.5 Å². The van der Waals surface area contributed by atoms with Gasteiger partial charge in [0.05, 0.1) is 12.2 Å². The normalized spacial score (nSPS) is 22.1. The van der Waals surface area contributed by atoms with Gasteiger partial charge in [-0.3, -0.25) is 4.98 Å². The molecule has 226 valence electrons. The molecule has 0 spiro atoms. The quantitative estimate of drug-likeness (QED) is 0.270. The molecule has 2 bridgehead atoms. The summed E-state index contributed by atoms with van der Waals surface area (Å²) in [5.41, 5.74) is 4.34. The molecule has 2 N–H and O–H groups in total. The number of aromatic hydroxyl groups is 1. The first-order chi connectivity index (χ1) is 21.3. The number of rotatable bonds is 8. The van der Waals surface area contributed by atoms with Gasteiger partial charge in [-0.15, -0.1) is 6.42 Å². The number of anilines is 1. The monoisotopic (exact) mass is 592 g/mol. The molecule has 2 saturated carbocycles. The third-order valence-corrected chi connectivity index (χ3v) is 9.82. The van der Waals surface area contributed by atoms with Gasteiger partial charge in [-0.25, -0.2) is 4.39 Å². The van der Waals surface area contributed by atoms with E-state index in [1.165, 1.54) is 6.07 Å². The topological polar surface area (TPSA) is 86.6 Å². The fourth-order valence-corrected chi connectivity index (χ4v) is 7.50. The lowest BCUT2D eigenvalue weighted by molar-refractivity contribution is 0.183. The van der Waals surface area contributed by atoms with Gasteiger partial charge in [-0.05, 0) is 93.3 Å². The van der Waals surface area contributed by atoms with Crippen LogP contribution in [0.4, 0.5) is 10.2 Å². The van der Waals surface area contributed by atoms with Crippen LogP contribution in [-0.2, 0) is 0 Å². The summed E-state index contributed by atoms with van der Waals surface area (Å²) in [6, 6.07) is 7.53. The van der Waals surface area contributed by atoms with E-state index in [1.807, 2.05) is 6.20 Å². The van der Waals surface area contributed by atoms with Crippen LogP contribution in [0.2, 0.25) is 0 Å². The highest BCUT2D eigenvalue weighted by Gasteiger charge is 2.44. The maximum Gasteiger partial charge on any atom is 0.319 e. The van der Waals surface area contributed by atoms with Crippen molar-refractivity contribution in [1.82, 2.24) is 25.2 Å². The number of terminal acetylenes is 1. The predicted molar refractivity (Wildman–Crippen MR) is 170 cm³/mol. The first kappa shape index (κ1) is 27.5. The number of phenols is 1. The van der Waals surface area contributed by atoms with Crippen molar-refractivity contribution >= 4 is 27.6 Å². The van der Waals surface area contributed by atoms with Gasteiger partial charge in [-0.1, -0.05) is 12.0 Å². The SMILES string of the molecule is C#Cc1c(F)ccc2cc(O)cc(-c3cnc4c(N5CC6CCC(C5)N6)nc(OCC5(CN(C)C)CC5)nc4c3C3CC3)c12. The zero-order valence-corrected chi connectivity index (χ0v) is 25.2. The van der Waals surface area contributed by atoms with Crippen LogP contribution in [0.5, 0.6) is 11.8 Å². The van der Waals surface area contributed by atoms with Crippen LogP contribution in [0.3, 0.4) is 0 Å². The number of nitrogens with one attached hydrogen (secondary N) is 1. The fraction of sp³-hybridized carbons (Fsp3) is 0.457. The molecule has 0 radical (unpaired) electrons. The van der Waals surface area contributed by atoms with Crippen LogP contribution in [0, 0.1) is 23.6 Å². The molecule has 4 heterocycles. The number of pyridine rings is 1. The summed E-state index contributed by atoms with van der Waals surface area (Å²) >= 11 is 0. The van der Waals surface area contributed by atoms with Gasteiger partial charge in [0, 0.05) is 54.3 Å². The number of benzene rings is 2. The highest BCUT2D eigenvalue weighted by atomic mass is 19.1. The summed E-state index contributed by atoms with van der Waals surface area (Å²) in [5.74, 6) is 3.25. The van der Waals surface area contributed by atoms with Gasteiger partial charge in [0.15, 0.2) is 5.82 Å². The standard InChI is InChI=1S/C35H37FN6O2/c1-4-25-28(36)10-7-21-13-24(43)14-26(29(21)25)27-15-37-32-31(30(27)20-5-6-20)39-34(44-19-35(11-12-35)18-41(2)3)40-33(32)42-16-22-8-9-23(17-42)38-22/h1,7,10,13-15,20,22-23,38,43H,5-6,8-9,11-12,16-19H2,2-3H3. The van der Waals surface area contributed by atoms with E-state index < -0.39 is 5.82 Å². The number of fused-ring (bicyclic) bond motifs is 4. The minimum absolute atomic E-state index is 0.0863. The second-order valence-corrected chi connectivity index (χ2v) is 13.6. The summed E-state index contributed by atoms with van der Waals surface area (Å²) in [7, 11) is 4.20. The smallest absolute Gasteiger partial charge is 0.319 e. The molecule has 4 aromatic rings. The van der Waals surface area contributed by atoms with Crippen LogP contribution < -0.4 is 15.0 Å². The van der Waals surface area contributed by atoms with E-state index in [0.29, 0.717) is 41.0 Å². The molecule has 4 fully saturated rings. The zero-order valence-electron chi connectivity index (χ0n) is 25.2. The van der Waals surface area contributed by atoms with Gasteiger partial charge in [0.25, 0.3) is 0 Å². The molecule has 8 rings (SSSR count). The van der Waals surface area contributed by atoms with Crippen molar-refractivity contribution in [3.8, 4) is 35.2 Å². The third kappa shape index (κ3) is 4.81. The van der Waals surface area contributed by atoms with Crippen molar-refractivity contribution in [1.29, 1.82) is 0 Å². The van der Waals surface area contributed by atoms with Crippen molar-refractivity contribution < 1.29 is 14.2 Å². The first-order valence-corrected chi connectivity index (χ1v) is 15.7. The Kier molecular flexibility index (Phi) is 6.44. The molecule has 2 aliphatic heterocycles. The van der Waals surface area contributed by atoms with Crippen molar-refractivity contribution in [2.45, 2.75) is 56.5 Å². The second kappa shape index (κ2) is 10.3. The molecule has 0 amide bonds. The average molecular weight is 593 g/mol. The number of phenolic OH excluding ortho intramolecular Hbond substituents is 1. The van der Waals surface area contributed by atoms with E-state index in [9.17, 15) is 5.11 Å². The highest BCUT2D eigenvalue weighted by molar-refractivity contribution is 6.04. The number of hydrogen-bond acceptors (Lipinski definition) is 8. The molecular formula is C35H37FN6O2. The van der Waals surface area contributed by atoms with Crippen molar-refractivity contribution in [3.05, 3.63) is 47.4 Å². The molecule has 4 aliphatic rings. The van der Waals surface area contributed by atoms with Gasteiger partial charge in [-0.2, -0.15) is 9.97 Å². The third-order valence-electron chi connectivity index (χ3n) is 9.82. The van der Waals surface area contributed by atoms with Gasteiger partial charge in [0.1, 0.15) is 22.6 Å². The molecule has 2 atom stereocenters. The number of piperazine rings is 1.